The van der Waals surface area contributed by atoms with Crippen LogP contribution in [0, 0.1) is 6.92 Å². The van der Waals surface area contributed by atoms with E-state index in [9.17, 15) is 0 Å². The van der Waals surface area contributed by atoms with Gasteiger partial charge in [0.1, 0.15) is 12.4 Å². The molecule has 6 heteroatoms. The minimum absolute atomic E-state index is 0.489. The molecule has 0 atom stereocenters. The van der Waals surface area contributed by atoms with Gasteiger partial charge in [-0.15, -0.1) is 0 Å². The topological polar surface area (TPSA) is 82.3 Å². The van der Waals surface area contributed by atoms with Gasteiger partial charge < -0.3 is 20.5 Å². The summed E-state index contributed by atoms with van der Waals surface area (Å²) in [4.78, 5) is 8.45. The molecule has 0 bridgehead atoms. The minimum atomic E-state index is 0.489. The summed E-state index contributed by atoms with van der Waals surface area (Å²) in [6.45, 7) is 2.96. The van der Waals surface area contributed by atoms with Gasteiger partial charge in [-0.05, 0) is 19.1 Å². The van der Waals surface area contributed by atoms with Crippen LogP contribution in [0.4, 0.5) is 11.6 Å². The molecule has 2 aromatic rings. The van der Waals surface area contributed by atoms with Gasteiger partial charge in [0.2, 0.25) is 11.8 Å². The maximum Gasteiger partial charge on any atom is 0.226 e. The molecule has 1 aromatic heterocycles. The molecule has 0 aliphatic carbocycles. The molecule has 0 unspecified atom stereocenters. The number of rotatable bonds is 6. The molecule has 0 spiro atoms. The standard InChI is InChI=1S/C14H18N4O2/c1-10-8-13(19-2)18-14(17-10)16-6-7-20-12-5-3-4-11(15)9-12/h3-5,8-9H,6-7,15H2,1-2H3,(H,16,17,18). The molecule has 2 rings (SSSR count). The van der Waals surface area contributed by atoms with Gasteiger partial charge in [0, 0.05) is 23.5 Å². The van der Waals surface area contributed by atoms with Crippen molar-refractivity contribution in [3.63, 3.8) is 0 Å². The lowest BCUT2D eigenvalue weighted by atomic mass is 10.3. The highest BCUT2D eigenvalue weighted by Gasteiger charge is 2.01. The van der Waals surface area contributed by atoms with E-state index in [2.05, 4.69) is 15.3 Å². The third-order valence-corrected chi connectivity index (χ3v) is 2.55. The Morgan fingerprint density at radius 1 is 1.25 bits per heavy atom. The van der Waals surface area contributed by atoms with Crippen molar-refractivity contribution in [3.8, 4) is 11.6 Å². The monoisotopic (exact) mass is 274 g/mol. The SMILES string of the molecule is COc1cc(C)nc(NCCOc2cccc(N)c2)n1. The van der Waals surface area contributed by atoms with Crippen molar-refractivity contribution in [2.24, 2.45) is 0 Å². The highest BCUT2D eigenvalue weighted by atomic mass is 16.5. The number of ether oxygens (including phenoxy) is 2. The number of nitrogens with one attached hydrogen (secondary N) is 1. The number of nitrogens with zero attached hydrogens (tertiary/aromatic N) is 2. The van der Waals surface area contributed by atoms with Crippen molar-refractivity contribution in [2.45, 2.75) is 6.92 Å². The minimum Gasteiger partial charge on any atom is -0.492 e. The number of hydrogen-bond acceptors (Lipinski definition) is 6. The van der Waals surface area contributed by atoms with E-state index < -0.39 is 0 Å². The number of aromatic nitrogens is 2. The first-order valence-electron chi connectivity index (χ1n) is 6.29. The Kier molecular flexibility index (Phi) is 4.60. The van der Waals surface area contributed by atoms with E-state index in [4.69, 9.17) is 15.2 Å². The molecule has 0 saturated heterocycles. The first-order chi connectivity index (χ1) is 9.67. The molecule has 0 saturated carbocycles. The number of methoxy groups -OCH3 is 1. The zero-order valence-corrected chi connectivity index (χ0v) is 11.6. The Morgan fingerprint density at radius 2 is 2.10 bits per heavy atom. The van der Waals surface area contributed by atoms with E-state index >= 15 is 0 Å². The number of anilines is 2. The Morgan fingerprint density at radius 3 is 2.85 bits per heavy atom. The molecular formula is C14H18N4O2. The average molecular weight is 274 g/mol. The Bertz CT molecular complexity index is 575. The second-order valence-electron chi connectivity index (χ2n) is 4.22. The molecule has 20 heavy (non-hydrogen) atoms. The maximum atomic E-state index is 5.67. The number of benzene rings is 1. The molecule has 3 N–H and O–H groups in total. The Labute approximate surface area is 118 Å². The third kappa shape index (κ3) is 4.01. The van der Waals surface area contributed by atoms with Crippen LogP contribution in [-0.4, -0.2) is 30.2 Å². The van der Waals surface area contributed by atoms with Gasteiger partial charge in [-0.1, -0.05) is 6.07 Å². The fraction of sp³-hybridized carbons (Fsp3) is 0.286. The second-order valence-corrected chi connectivity index (χ2v) is 4.22. The molecule has 6 nitrogen and oxygen atoms in total. The molecule has 106 valence electrons. The summed E-state index contributed by atoms with van der Waals surface area (Å²) in [6, 6.07) is 9.09. The molecular weight excluding hydrogens is 256 g/mol. The van der Waals surface area contributed by atoms with Gasteiger partial charge >= 0.3 is 0 Å². The summed E-state index contributed by atoms with van der Waals surface area (Å²) >= 11 is 0. The zero-order valence-electron chi connectivity index (χ0n) is 11.6. The lowest BCUT2D eigenvalue weighted by Crippen LogP contribution is -2.14. The molecule has 0 aliphatic rings. The van der Waals surface area contributed by atoms with E-state index in [1.165, 1.54) is 0 Å². The first kappa shape index (κ1) is 13.9. The Hall–Kier alpha value is -2.50. The number of nitrogens with two attached hydrogens (primary N) is 1. The molecule has 1 aromatic carbocycles. The summed E-state index contributed by atoms with van der Waals surface area (Å²) in [5, 5.41) is 3.09. The van der Waals surface area contributed by atoms with Gasteiger partial charge in [-0.25, -0.2) is 4.98 Å². The van der Waals surface area contributed by atoms with Crippen LogP contribution in [0.2, 0.25) is 0 Å². The van der Waals surface area contributed by atoms with Gasteiger partial charge in [-0.2, -0.15) is 4.98 Å². The predicted octanol–water partition coefficient (Wildman–Crippen LogP) is 1.87. The van der Waals surface area contributed by atoms with E-state index in [-0.39, 0.29) is 0 Å². The zero-order chi connectivity index (χ0) is 14.4. The van der Waals surface area contributed by atoms with E-state index in [0.29, 0.717) is 30.7 Å². The fourth-order valence-electron chi connectivity index (χ4n) is 1.66. The summed E-state index contributed by atoms with van der Waals surface area (Å²) in [6.07, 6.45) is 0. The first-order valence-corrected chi connectivity index (χ1v) is 6.29. The van der Waals surface area contributed by atoms with Crippen LogP contribution in [0.5, 0.6) is 11.6 Å². The molecule has 0 radical (unpaired) electrons. The van der Waals surface area contributed by atoms with Crippen LogP contribution >= 0.6 is 0 Å². The molecule has 0 amide bonds. The highest BCUT2D eigenvalue weighted by Crippen LogP contribution is 2.14. The van der Waals surface area contributed by atoms with Gasteiger partial charge in [0.05, 0.1) is 13.7 Å². The van der Waals surface area contributed by atoms with Gasteiger partial charge in [0.25, 0.3) is 0 Å². The average Bonchev–Trinajstić information content (AvgIpc) is 2.43. The van der Waals surface area contributed by atoms with Crippen LogP contribution in [0.3, 0.4) is 0 Å². The van der Waals surface area contributed by atoms with Crippen molar-refractivity contribution in [1.82, 2.24) is 9.97 Å². The van der Waals surface area contributed by atoms with Crippen molar-refractivity contribution >= 4 is 11.6 Å². The lowest BCUT2D eigenvalue weighted by Gasteiger charge is -2.09. The summed E-state index contributed by atoms with van der Waals surface area (Å²) in [7, 11) is 1.58. The van der Waals surface area contributed by atoms with Crippen LogP contribution in [0.15, 0.2) is 30.3 Å². The number of aryl methyl sites for hydroxylation is 1. The van der Waals surface area contributed by atoms with Gasteiger partial charge in [0.15, 0.2) is 0 Å². The van der Waals surface area contributed by atoms with Crippen molar-refractivity contribution < 1.29 is 9.47 Å². The molecule has 1 heterocycles. The molecule has 0 aliphatic heterocycles. The van der Waals surface area contributed by atoms with E-state index in [0.717, 1.165) is 11.4 Å². The summed E-state index contributed by atoms with van der Waals surface area (Å²) in [5.74, 6) is 1.81. The largest absolute Gasteiger partial charge is 0.492 e. The van der Waals surface area contributed by atoms with Crippen molar-refractivity contribution in [1.29, 1.82) is 0 Å². The van der Waals surface area contributed by atoms with E-state index in [1.54, 1.807) is 19.2 Å². The van der Waals surface area contributed by atoms with Gasteiger partial charge in [-0.3, -0.25) is 0 Å². The van der Waals surface area contributed by atoms with Crippen molar-refractivity contribution in [3.05, 3.63) is 36.0 Å². The van der Waals surface area contributed by atoms with Crippen LogP contribution in [0.25, 0.3) is 0 Å². The summed E-state index contributed by atoms with van der Waals surface area (Å²) in [5.41, 5.74) is 7.20. The predicted molar refractivity (Wildman–Crippen MR) is 78.2 cm³/mol. The molecule has 0 fully saturated rings. The lowest BCUT2D eigenvalue weighted by molar-refractivity contribution is 0.332. The number of nitrogen functional groups attached to an aromatic ring is 1. The van der Waals surface area contributed by atoms with Crippen LogP contribution in [-0.2, 0) is 0 Å². The maximum absolute atomic E-state index is 5.67. The quantitative estimate of drug-likeness (QED) is 0.618. The van der Waals surface area contributed by atoms with Crippen LogP contribution < -0.4 is 20.5 Å². The Balaban J connectivity index is 1.82. The van der Waals surface area contributed by atoms with Crippen LogP contribution in [0.1, 0.15) is 5.69 Å². The van der Waals surface area contributed by atoms with Crippen molar-refractivity contribution in [2.75, 3.05) is 31.3 Å². The normalized spacial score (nSPS) is 10.1. The highest BCUT2D eigenvalue weighted by molar-refractivity contribution is 5.43. The number of hydrogen-bond donors (Lipinski definition) is 2. The fourth-order valence-corrected chi connectivity index (χ4v) is 1.66. The smallest absolute Gasteiger partial charge is 0.226 e. The third-order valence-electron chi connectivity index (χ3n) is 2.55. The summed E-state index contributed by atoms with van der Waals surface area (Å²) < 4.78 is 10.7. The van der Waals surface area contributed by atoms with E-state index in [1.807, 2.05) is 25.1 Å². The second kappa shape index (κ2) is 6.60.